The van der Waals surface area contributed by atoms with Gasteiger partial charge >= 0.3 is 0 Å². The van der Waals surface area contributed by atoms with Crippen molar-refractivity contribution >= 4 is 28.5 Å². The fourth-order valence-corrected chi connectivity index (χ4v) is 3.89. The molecule has 0 aliphatic carbocycles. The van der Waals surface area contributed by atoms with Crippen molar-refractivity contribution in [1.82, 2.24) is 14.9 Å². The highest BCUT2D eigenvalue weighted by Crippen LogP contribution is 2.24. The molecule has 0 aliphatic heterocycles. The number of carbonyl (C=O) groups excluding carboxylic acids is 1. The number of imidazole rings is 1. The average molecular weight is 493 g/mol. The Morgan fingerprint density at radius 1 is 1.03 bits per heavy atom. The monoisotopic (exact) mass is 493 g/mol. The quantitative estimate of drug-likeness (QED) is 0.380. The molecule has 5 heteroatoms. The van der Waals surface area contributed by atoms with E-state index in [0.29, 0.717) is 12.2 Å². The third-order valence-electron chi connectivity index (χ3n) is 4.81. The van der Waals surface area contributed by atoms with Gasteiger partial charge in [-0.15, -0.1) is 0 Å². The van der Waals surface area contributed by atoms with Gasteiger partial charge in [0.15, 0.2) is 0 Å². The Kier molecular flexibility index (Phi) is 5.76. The SMILES string of the molecule is Cc1ccccc1-c1ccc(-n2cncc2C(=O)NCc2cccc(I)c2)cc1. The van der Waals surface area contributed by atoms with Crippen LogP contribution in [0.3, 0.4) is 0 Å². The first-order valence-corrected chi connectivity index (χ1v) is 10.4. The highest BCUT2D eigenvalue weighted by Gasteiger charge is 2.13. The van der Waals surface area contributed by atoms with E-state index >= 15 is 0 Å². The minimum Gasteiger partial charge on any atom is -0.347 e. The minimum absolute atomic E-state index is 0.149. The number of hydrogen-bond acceptors (Lipinski definition) is 2. The maximum atomic E-state index is 12.7. The smallest absolute Gasteiger partial charge is 0.270 e. The van der Waals surface area contributed by atoms with Gasteiger partial charge in [-0.1, -0.05) is 48.5 Å². The molecule has 3 aromatic carbocycles. The predicted octanol–water partition coefficient (Wildman–Crippen LogP) is 5.38. The molecule has 144 valence electrons. The van der Waals surface area contributed by atoms with Crippen LogP contribution in [-0.2, 0) is 6.54 Å². The molecule has 0 unspecified atom stereocenters. The number of nitrogens with zero attached hydrogens (tertiary/aromatic N) is 2. The average Bonchev–Trinajstić information content (AvgIpc) is 3.23. The molecule has 4 aromatic rings. The molecule has 0 bridgehead atoms. The van der Waals surface area contributed by atoms with E-state index in [1.54, 1.807) is 12.5 Å². The lowest BCUT2D eigenvalue weighted by Crippen LogP contribution is -2.25. The molecule has 0 atom stereocenters. The number of nitrogens with one attached hydrogen (secondary N) is 1. The molecular weight excluding hydrogens is 473 g/mol. The van der Waals surface area contributed by atoms with Crippen molar-refractivity contribution in [3.63, 3.8) is 0 Å². The van der Waals surface area contributed by atoms with Gasteiger partial charge in [-0.05, 0) is 76.0 Å². The summed E-state index contributed by atoms with van der Waals surface area (Å²) in [6.45, 7) is 2.59. The molecule has 0 aliphatic rings. The van der Waals surface area contributed by atoms with Gasteiger partial charge < -0.3 is 5.32 Å². The minimum atomic E-state index is -0.149. The van der Waals surface area contributed by atoms with Crippen LogP contribution in [0.4, 0.5) is 0 Å². The maximum absolute atomic E-state index is 12.7. The summed E-state index contributed by atoms with van der Waals surface area (Å²) in [6, 6.07) is 24.6. The summed E-state index contributed by atoms with van der Waals surface area (Å²) < 4.78 is 2.96. The molecular formula is C24H20IN3O. The number of amides is 1. The van der Waals surface area contributed by atoms with E-state index in [9.17, 15) is 4.79 Å². The zero-order valence-electron chi connectivity index (χ0n) is 16.0. The van der Waals surface area contributed by atoms with Crippen LogP contribution >= 0.6 is 22.6 Å². The predicted molar refractivity (Wildman–Crippen MR) is 124 cm³/mol. The highest BCUT2D eigenvalue weighted by atomic mass is 127. The Morgan fingerprint density at radius 2 is 1.83 bits per heavy atom. The Balaban J connectivity index is 1.53. The van der Waals surface area contributed by atoms with Gasteiger partial charge in [-0.3, -0.25) is 9.36 Å². The number of rotatable bonds is 5. The molecule has 1 aromatic heterocycles. The normalized spacial score (nSPS) is 10.7. The van der Waals surface area contributed by atoms with Crippen molar-refractivity contribution in [3.8, 4) is 16.8 Å². The van der Waals surface area contributed by atoms with E-state index in [4.69, 9.17) is 0 Å². The second-order valence-electron chi connectivity index (χ2n) is 6.82. The van der Waals surface area contributed by atoms with Gasteiger partial charge in [0.25, 0.3) is 5.91 Å². The van der Waals surface area contributed by atoms with Crippen LogP contribution in [0.5, 0.6) is 0 Å². The first kappa shape index (κ1) is 19.4. The first-order chi connectivity index (χ1) is 14.1. The molecule has 1 heterocycles. The van der Waals surface area contributed by atoms with Crippen molar-refractivity contribution in [2.24, 2.45) is 0 Å². The van der Waals surface area contributed by atoms with Gasteiger partial charge in [0.05, 0.1) is 12.5 Å². The van der Waals surface area contributed by atoms with Crippen molar-refractivity contribution in [3.05, 3.63) is 106 Å². The molecule has 0 saturated carbocycles. The van der Waals surface area contributed by atoms with Gasteiger partial charge in [-0.25, -0.2) is 4.98 Å². The van der Waals surface area contributed by atoms with Crippen molar-refractivity contribution < 1.29 is 4.79 Å². The second kappa shape index (κ2) is 8.61. The summed E-state index contributed by atoms with van der Waals surface area (Å²) in [5.41, 5.74) is 6.08. The third-order valence-corrected chi connectivity index (χ3v) is 5.49. The standard InChI is InChI=1S/C24H20IN3O/c1-17-5-2-3-8-22(17)19-9-11-21(12-10-19)28-16-26-15-23(28)24(29)27-14-18-6-4-7-20(25)13-18/h2-13,15-16H,14H2,1H3,(H,27,29). The zero-order chi connectivity index (χ0) is 20.2. The van der Waals surface area contributed by atoms with E-state index < -0.39 is 0 Å². The van der Waals surface area contributed by atoms with Crippen LogP contribution in [0.25, 0.3) is 16.8 Å². The van der Waals surface area contributed by atoms with Crippen LogP contribution in [0.15, 0.2) is 85.3 Å². The molecule has 1 N–H and O–H groups in total. The van der Waals surface area contributed by atoms with Crippen LogP contribution in [-0.4, -0.2) is 15.5 Å². The number of aryl methyl sites for hydroxylation is 1. The molecule has 4 rings (SSSR count). The lowest BCUT2D eigenvalue weighted by atomic mass is 10.0. The van der Waals surface area contributed by atoms with Crippen molar-refractivity contribution in [2.75, 3.05) is 0 Å². The Hall–Kier alpha value is -2.93. The van der Waals surface area contributed by atoms with Gasteiger partial charge in [0, 0.05) is 15.8 Å². The fraction of sp³-hybridized carbons (Fsp3) is 0.0833. The van der Waals surface area contributed by atoms with Crippen molar-refractivity contribution in [2.45, 2.75) is 13.5 Å². The van der Waals surface area contributed by atoms with E-state index in [1.165, 1.54) is 11.1 Å². The van der Waals surface area contributed by atoms with E-state index in [-0.39, 0.29) is 5.91 Å². The third kappa shape index (κ3) is 4.40. The van der Waals surface area contributed by atoms with Crippen LogP contribution < -0.4 is 5.32 Å². The van der Waals surface area contributed by atoms with E-state index in [0.717, 1.165) is 20.4 Å². The number of hydrogen-bond donors (Lipinski definition) is 1. The van der Waals surface area contributed by atoms with Crippen LogP contribution in [0.2, 0.25) is 0 Å². The Bertz CT molecular complexity index is 1150. The zero-order valence-corrected chi connectivity index (χ0v) is 18.1. The first-order valence-electron chi connectivity index (χ1n) is 9.33. The number of halogens is 1. The Morgan fingerprint density at radius 3 is 2.59 bits per heavy atom. The van der Waals surface area contributed by atoms with Gasteiger partial charge in [-0.2, -0.15) is 0 Å². The van der Waals surface area contributed by atoms with Gasteiger partial charge in [0.1, 0.15) is 5.69 Å². The van der Waals surface area contributed by atoms with E-state index in [1.807, 2.05) is 47.0 Å². The highest BCUT2D eigenvalue weighted by molar-refractivity contribution is 14.1. The maximum Gasteiger partial charge on any atom is 0.270 e. The lowest BCUT2D eigenvalue weighted by Gasteiger charge is -2.11. The molecule has 29 heavy (non-hydrogen) atoms. The van der Waals surface area contributed by atoms with Crippen LogP contribution in [0, 0.1) is 10.5 Å². The molecule has 1 amide bonds. The molecule has 4 nitrogen and oxygen atoms in total. The molecule has 0 saturated heterocycles. The number of aromatic nitrogens is 2. The fourth-order valence-electron chi connectivity index (χ4n) is 3.29. The summed E-state index contributed by atoms with van der Waals surface area (Å²) in [4.78, 5) is 16.9. The number of carbonyl (C=O) groups is 1. The van der Waals surface area contributed by atoms with Crippen LogP contribution in [0.1, 0.15) is 21.6 Å². The molecule has 0 fully saturated rings. The molecule has 0 radical (unpaired) electrons. The largest absolute Gasteiger partial charge is 0.347 e. The Labute approximate surface area is 183 Å². The summed E-state index contributed by atoms with van der Waals surface area (Å²) in [5.74, 6) is -0.149. The van der Waals surface area contributed by atoms with Gasteiger partial charge in [0.2, 0.25) is 0 Å². The van der Waals surface area contributed by atoms with Crippen molar-refractivity contribution in [1.29, 1.82) is 0 Å². The number of benzene rings is 3. The summed E-state index contributed by atoms with van der Waals surface area (Å²) in [6.07, 6.45) is 3.27. The van der Waals surface area contributed by atoms with E-state index in [2.05, 4.69) is 70.1 Å². The summed E-state index contributed by atoms with van der Waals surface area (Å²) >= 11 is 2.27. The lowest BCUT2D eigenvalue weighted by molar-refractivity contribution is 0.0944. The molecule has 0 spiro atoms. The summed E-state index contributed by atoms with van der Waals surface area (Å²) in [7, 11) is 0. The summed E-state index contributed by atoms with van der Waals surface area (Å²) in [5, 5.41) is 2.98. The second-order valence-corrected chi connectivity index (χ2v) is 8.07. The topological polar surface area (TPSA) is 46.9 Å².